The van der Waals surface area contributed by atoms with E-state index in [0.29, 0.717) is 19.5 Å². The zero-order chi connectivity index (χ0) is 18.0. The van der Waals surface area contributed by atoms with Gasteiger partial charge in [-0.15, -0.1) is 0 Å². The maximum Gasteiger partial charge on any atom is 0.220 e. The largest absolute Gasteiger partial charge is 0.346 e. The van der Waals surface area contributed by atoms with Crippen LogP contribution in [0.2, 0.25) is 0 Å². The fourth-order valence-electron chi connectivity index (χ4n) is 3.25. The van der Waals surface area contributed by atoms with E-state index in [-0.39, 0.29) is 17.9 Å². The lowest BCUT2D eigenvalue weighted by molar-refractivity contribution is -0.123. The van der Waals surface area contributed by atoms with E-state index in [1.54, 1.807) is 0 Å². The van der Waals surface area contributed by atoms with Crippen LogP contribution in [0.25, 0.3) is 11.0 Å². The molecule has 1 aromatic heterocycles. The Morgan fingerprint density at radius 2 is 2.04 bits per heavy atom. The number of nitrogens with one attached hydrogen (secondary N) is 2. The van der Waals surface area contributed by atoms with E-state index in [9.17, 15) is 13.2 Å². The fourth-order valence-corrected chi connectivity index (χ4v) is 4.13. The number of fused-ring (bicyclic) bond motifs is 1. The zero-order valence-electron chi connectivity index (χ0n) is 14.5. The highest BCUT2D eigenvalue weighted by atomic mass is 32.2. The number of sulfonamides is 1. The van der Waals surface area contributed by atoms with Gasteiger partial charge in [-0.1, -0.05) is 12.1 Å². The van der Waals surface area contributed by atoms with Gasteiger partial charge in [0.2, 0.25) is 15.9 Å². The summed E-state index contributed by atoms with van der Waals surface area (Å²) in [4.78, 5) is 20.0. The van der Waals surface area contributed by atoms with Crippen LogP contribution in [-0.2, 0) is 14.8 Å². The molecule has 0 radical (unpaired) electrons. The summed E-state index contributed by atoms with van der Waals surface area (Å²) in [5.41, 5.74) is 1.83. The Morgan fingerprint density at radius 1 is 1.36 bits per heavy atom. The third kappa shape index (κ3) is 4.38. The Balaban J connectivity index is 1.52. The Morgan fingerprint density at radius 3 is 2.68 bits per heavy atom. The van der Waals surface area contributed by atoms with Crippen molar-refractivity contribution in [1.82, 2.24) is 19.6 Å². The lowest BCUT2D eigenvalue weighted by Gasteiger charge is -2.30. The number of nitrogens with zero attached hydrogens (tertiary/aromatic N) is 2. The predicted molar refractivity (Wildman–Crippen MR) is 96.4 cm³/mol. The molecule has 1 atom stereocenters. The van der Waals surface area contributed by atoms with Crippen molar-refractivity contribution in [3.63, 3.8) is 0 Å². The molecule has 25 heavy (non-hydrogen) atoms. The maximum absolute atomic E-state index is 12.3. The zero-order valence-corrected chi connectivity index (χ0v) is 15.3. The van der Waals surface area contributed by atoms with Gasteiger partial charge in [-0.25, -0.2) is 17.7 Å². The van der Waals surface area contributed by atoms with Gasteiger partial charge in [0.1, 0.15) is 5.82 Å². The molecule has 2 N–H and O–H groups in total. The number of carbonyl (C=O) groups is 1. The molecule has 2 heterocycles. The minimum absolute atomic E-state index is 0.0224. The Hall–Kier alpha value is -1.93. The van der Waals surface area contributed by atoms with Crippen molar-refractivity contribution in [2.75, 3.05) is 19.3 Å². The van der Waals surface area contributed by atoms with Crippen molar-refractivity contribution in [2.24, 2.45) is 5.92 Å². The Kier molecular flexibility index (Phi) is 5.10. The number of benzene rings is 1. The molecule has 3 rings (SSSR count). The number of imidazole rings is 1. The number of H-pyrrole nitrogens is 1. The van der Waals surface area contributed by atoms with Crippen molar-refractivity contribution in [3.8, 4) is 0 Å². The van der Waals surface area contributed by atoms with Gasteiger partial charge >= 0.3 is 0 Å². The van der Waals surface area contributed by atoms with E-state index in [2.05, 4.69) is 15.3 Å². The number of hydrogen-bond donors (Lipinski definition) is 2. The second-order valence-electron chi connectivity index (χ2n) is 6.74. The summed E-state index contributed by atoms with van der Waals surface area (Å²) in [6.07, 6.45) is 3.09. The van der Waals surface area contributed by atoms with Gasteiger partial charge < -0.3 is 10.3 Å². The van der Waals surface area contributed by atoms with Crippen molar-refractivity contribution < 1.29 is 13.2 Å². The highest BCUT2D eigenvalue weighted by molar-refractivity contribution is 7.88. The van der Waals surface area contributed by atoms with E-state index in [1.807, 2.05) is 31.2 Å². The number of aromatic nitrogens is 2. The molecule has 0 unspecified atom stereocenters. The summed E-state index contributed by atoms with van der Waals surface area (Å²) in [5.74, 6) is 0.938. The maximum atomic E-state index is 12.3. The van der Waals surface area contributed by atoms with Crippen LogP contribution < -0.4 is 5.32 Å². The van der Waals surface area contributed by atoms with Crippen molar-refractivity contribution >= 4 is 27.0 Å². The third-order valence-electron chi connectivity index (χ3n) is 4.71. The fraction of sp³-hybridized carbons (Fsp3) is 0.529. The van der Waals surface area contributed by atoms with Crippen LogP contribution in [0.4, 0.5) is 0 Å². The molecule has 1 aromatic carbocycles. The predicted octanol–water partition coefficient (Wildman–Crippen LogP) is 1.80. The first-order chi connectivity index (χ1) is 11.8. The smallest absolute Gasteiger partial charge is 0.220 e. The van der Waals surface area contributed by atoms with Gasteiger partial charge in [-0.05, 0) is 37.8 Å². The van der Waals surface area contributed by atoms with Crippen molar-refractivity contribution in [2.45, 2.75) is 32.2 Å². The first kappa shape index (κ1) is 17.9. The topological polar surface area (TPSA) is 95.2 Å². The molecule has 0 spiro atoms. The lowest BCUT2D eigenvalue weighted by Crippen LogP contribution is -2.39. The van der Waals surface area contributed by atoms with E-state index in [0.717, 1.165) is 29.7 Å². The van der Waals surface area contributed by atoms with Crippen molar-refractivity contribution in [1.29, 1.82) is 0 Å². The normalized spacial score (nSPS) is 18.3. The second kappa shape index (κ2) is 7.13. The quantitative estimate of drug-likeness (QED) is 0.846. The van der Waals surface area contributed by atoms with Crippen LogP contribution in [0.1, 0.15) is 38.1 Å². The average Bonchev–Trinajstić information content (AvgIpc) is 2.98. The van der Waals surface area contributed by atoms with Gasteiger partial charge in [0.15, 0.2) is 0 Å². The van der Waals surface area contributed by atoms with Crippen molar-refractivity contribution in [3.05, 3.63) is 30.1 Å². The number of hydrogen-bond acceptors (Lipinski definition) is 4. The van der Waals surface area contributed by atoms with Gasteiger partial charge in [0, 0.05) is 19.5 Å². The van der Waals surface area contributed by atoms with Crippen LogP contribution in [0.3, 0.4) is 0 Å². The van der Waals surface area contributed by atoms with E-state index < -0.39 is 10.0 Å². The SMILES string of the molecule is C[C@H](NC(=O)CC1CCN(S(C)(=O)=O)CC1)c1nc2ccccc2[nH]1. The number of para-hydroxylation sites is 2. The van der Waals surface area contributed by atoms with Crippen LogP contribution in [0.15, 0.2) is 24.3 Å². The molecular formula is C17H24N4O3S. The number of rotatable bonds is 5. The highest BCUT2D eigenvalue weighted by Crippen LogP contribution is 2.22. The summed E-state index contributed by atoms with van der Waals surface area (Å²) in [6.45, 7) is 2.90. The molecule has 1 aliphatic rings. The molecule has 1 amide bonds. The molecule has 136 valence electrons. The van der Waals surface area contributed by atoms with Crippen LogP contribution >= 0.6 is 0 Å². The minimum atomic E-state index is -3.13. The molecule has 8 heteroatoms. The number of aromatic amines is 1. The van der Waals surface area contributed by atoms with Gasteiger partial charge in [0.05, 0.1) is 23.3 Å². The summed E-state index contributed by atoms with van der Waals surface area (Å²) >= 11 is 0. The van der Waals surface area contributed by atoms with Crippen LogP contribution in [0.5, 0.6) is 0 Å². The minimum Gasteiger partial charge on any atom is -0.346 e. The van der Waals surface area contributed by atoms with Gasteiger partial charge in [-0.2, -0.15) is 0 Å². The highest BCUT2D eigenvalue weighted by Gasteiger charge is 2.26. The van der Waals surface area contributed by atoms with Crippen LogP contribution in [-0.4, -0.2) is 47.9 Å². The molecule has 0 aliphatic carbocycles. The summed E-state index contributed by atoms with van der Waals surface area (Å²) < 4.78 is 24.5. The van der Waals surface area contributed by atoms with Gasteiger partial charge in [-0.3, -0.25) is 4.79 Å². The third-order valence-corrected chi connectivity index (χ3v) is 6.02. The lowest BCUT2D eigenvalue weighted by atomic mass is 9.94. The second-order valence-corrected chi connectivity index (χ2v) is 8.72. The summed E-state index contributed by atoms with van der Waals surface area (Å²) in [6, 6.07) is 7.56. The van der Waals surface area contributed by atoms with Gasteiger partial charge in [0.25, 0.3) is 0 Å². The molecule has 1 fully saturated rings. The molecule has 7 nitrogen and oxygen atoms in total. The molecule has 0 saturated carbocycles. The number of piperidine rings is 1. The first-order valence-electron chi connectivity index (χ1n) is 8.52. The van der Waals surface area contributed by atoms with E-state index >= 15 is 0 Å². The first-order valence-corrected chi connectivity index (χ1v) is 10.4. The molecule has 2 aromatic rings. The molecule has 0 bridgehead atoms. The summed E-state index contributed by atoms with van der Waals surface area (Å²) in [7, 11) is -3.13. The number of amides is 1. The number of carbonyl (C=O) groups excluding carboxylic acids is 1. The standard InChI is InChI=1S/C17H24N4O3S/c1-12(17-19-14-5-3-4-6-15(14)20-17)18-16(22)11-13-7-9-21(10-8-13)25(2,23)24/h3-6,12-13H,7-11H2,1-2H3,(H,18,22)(H,19,20)/t12-/m0/s1. The molecular weight excluding hydrogens is 340 g/mol. The van der Waals surface area contributed by atoms with E-state index in [1.165, 1.54) is 10.6 Å². The monoisotopic (exact) mass is 364 g/mol. The molecule has 1 saturated heterocycles. The average molecular weight is 364 g/mol. The van der Waals surface area contributed by atoms with Crippen LogP contribution in [0, 0.1) is 5.92 Å². The Bertz CT molecular complexity index is 821. The summed E-state index contributed by atoms with van der Waals surface area (Å²) in [5, 5.41) is 2.98. The van der Waals surface area contributed by atoms with E-state index in [4.69, 9.17) is 0 Å². The Labute approximate surface area is 147 Å². The molecule has 1 aliphatic heterocycles.